The molecule has 3 rings (SSSR count). The first kappa shape index (κ1) is 15.8. The van der Waals surface area contributed by atoms with Crippen LogP contribution in [0.2, 0.25) is 0 Å². The number of rotatable bonds is 4. The average Bonchev–Trinajstić information content (AvgIpc) is 3.01. The summed E-state index contributed by atoms with van der Waals surface area (Å²) in [6.07, 6.45) is 3.16. The molecule has 2 aromatic heterocycles. The Morgan fingerprint density at radius 2 is 2.00 bits per heavy atom. The molecule has 0 bridgehead atoms. The lowest BCUT2D eigenvalue weighted by molar-refractivity contribution is 0.0937. The maximum Gasteiger partial charge on any atom is 0.255 e. The van der Waals surface area contributed by atoms with Gasteiger partial charge in [-0.2, -0.15) is 0 Å². The van der Waals surface area contributed by atoms with Crippen molar-refractivity contribution in [2.45, 2.75) is 19.9 Å². The molecule has 7 heteroatoms. The first-order valence-corrected chi connectivity index (χ1v) is 7.60. The number of amides is 1. The third kappa shape index (κ3) is 3.15. The van der Waals surface area contributed by atoms with Crippen LogP contribution in [0.5, 0.6) is 0 Å². The molecule has 24 heavy (non-hydrogen) atoms. The van der Waals surface area contributed by atoms with Crippen LogP contribution in [-0.4, -0.2) is 30.6 Å². The fourth-order valence-corrected chi connectivity index (χ4v) is 2.48. The van der Waals surface area contributed by atoms with E-state index in [1.165, 1.54) is 0 Å². The average molecular weight is 322 g/mol. The molecule has 122 valence electrons. The van der Waals surface area contributed by atoms with E-state index in [0.717, 1.165) is 5.56 Å². The summed E-state index contributed by atoms with van der Waals surface area (Å²) >= 11 is 0. The molecule has 1 unspecified atom stereocenters. The van der Waals surface area contributed by atoms with Crippen LogP contribution in [-0.2, 0) is 7.05 Å². The Balaban J connectivity index is 1.92. The topological polar surface area (TPSA) is 85.6 Å². The maximum atomic E-state index is 12.7. The van der Waals surface area contributed by atoms with Crippen molar-refractivity contribution in [2.75, 3.05) is 0 Å². The number of benzene rings is 1. The summed E-state index contributed by atoms with van der Waals surface area (Å²) in [5.74, 6) is 1.05. The van der Waals surface area contributed by atoms with Crippen LogP contribution >= 0.6 is 0 Å². The Morgan fingerprint density at radius 1 is 1.25 bits per heavy atom. The third-order valence-electron chi connectivity index (χ3n) is 3.68. The second-order valence-electron chi connectivity index (χ2n) is 5.54. The van der Waals surface area contributed by atoms with Crippen molar-refractivity contribution >= 4 is 5.91 Å². The number of carbonyl (C=O) groups excluding carboxylic acids is 1. The van der Waals surface area contributed by atoms with Crippen LogP contribution in [0.1, 0.15) is 35.0 Å². The molecule has 1 N–H and O–H groups in total. The SMILES string of the molecule is Cc1ncc(C(=O)NC(C)c2nncn2C)c(-c2ccccc2)n1. The van der Waals surface area contributed by atoms with E-state index in [4.69, 9.17) is 0 Å². The van der Waals surface area contributed by atoms with Crippen LogP contribution < -0.4 is 5.32 Å². The summed E-state index contributed by atoms with van der Waals surface area (Å²) in [5.41, 5.74) is 1.92. The van der Waals surface area contributed by atoms with Crippen LogP contribution in [0.4, 0.5) is 0 Å². The van der Waals surface area contributed by atoms with E-state index >= 15 is 0 Å². The fourth-order valence-electron chi connectivity index (χ4n) is 2.48. The second-order valence-corrected chi connectivity index (χ2v) is 5.54. The molecule has 0 fully saturated rings. The molecule has 0 aliphatic heterocycles. The highest BCUT2D eigenvalue weighted by atomic mass is 16.1. The molecule has 3 aromatic rings. The van der Waals surface area contributed by atoms with Crippen molar-refractivity contribution in [3.8, 4) is 11.3 Å². The Kier molecular flexibility index (Phi) is 4.33. The standard InChI is InChI=1S/C17H18N6O/c1-11(16-22-19-10-23(16)3)20-17(24)14-9-18-12(2)21-15(14)13-7-5-4-6-8-13/h4-11H,1-3H3,(H,20,24). The van der Waals surface area contributed by atoms with Gasteiger partial charge in [0.25, 0.3) is 5.91 Å². The van der Waals surface area contributed by atoms with Gasteiger partial charge in [0, 0.05) is 18.8 Å². The minimum Gasteiger partial charge on any atom is -0.342 e. The predicted octanol–water partition coefficient (Wildman–Crippen LogP) is 2.07. The molecule has 0 saturated heterocycles. The van der Waals surface area contributed by atoms with Crippen molar-refractivity contribution in [3.63, 3.8) is 0 Å². The van der Waals surface area contributed by atoms with Gasteiger partial charge in [0.05, 0.1) is 17.3 Å². The van der Waals surface area contributed by atoms with Gasteiger partial charge in [-0.25, -0.2) is 9.97 Å². The number of hydrogen-bond donors (Lipinski definition) is 1. The minimum absolute atomic E-state index is 0.246. The largest absolute Gasteiger partial charge is 0.342 e. The van der Waals surface area contributed by atoms with Gasteiger partial charge in [-0.3, -0.25) is 4.79 Å². The van der Waals surface area contributed by atoms with Crippen molar-refractivity contribution in [3.05, 3.63) is 60.1 Å². The van der Waals surface area contributed by atoms with Gasteiger partial charge in [0.2, 0.25) is 0 Å². The van der Waals surface area contributed by atoms with Crippen LogP contribution in [0.3, 0.4) is 0 Å². The smallest absolute Gasteiger partial charge is 0.255 e. The summed E-state index contributed by atoms with van der Waals surface area (Å²) in [5, 5.41) is 10.8. The van der Waals surface area contributed by atoms with E-state index in [1.807, 2.05) is 44.3 Å². The molecule has 2 heterocycles. The van der Waals surface area contributed by atoms with Crippen LogP contribution in [0.25, 0.3) is 11.3 Å². The molecule has 0 saturated carbocycles. The van der Waals surface area contributed by atoms with E-state index in [9.17, 15) is 4.79 Å². The molecule has 1 aromatic carbocycles. The highest BCUT2D eigenvalue weighted by molar-refractivity contribution is 5.99. The van der Waals surface area contributed by atoms with Gasteiger partial charge in [0.1, 0.15) is 12.2 Å². The van der Waals surface area contributed by atoms with Gasteiger partial charge in [-0.1, -0.05) is 30.3 Å². The normalized spacial score (nSPS) is 12.0. The molecule has 0 aliphatic carbocycles. The molecular formula is C17H18N6O. The van der Waals surface area contributed by atoms with Crippen molar-refractivity contribution in [1.82, 2.24) is 30.0 Å². The fraction of sp³-hybridized carbons (Fsp3) is 0.235. The van der Waals surface area contributed by atoms with Gasteiger partial charge in [0.15, 0.2) is 5.82 Å². The zero-order chi connectivity index (χ0) is 17.1. The Hall–Kier alpha value is -3.09. The Morgan fingerprint density at radius 3 is 2.67 bits per heavy atom. The van der Waals surface area contributed by atoms with E-state index < -0.39 is 0 Å². The van der Waals surface area contributed by atoms with E-state index in [-0.39, 0.29) is 11.9 Å². The monoisotopic (exact) mass is 322 g/mol. The van der Waals surface area contributed by atoms with Gasteiger partial charge >= 0.3 is 0 Å². The predicted molar refractivity (Wildman–Crippen MR) is 89.1 cm³/mol. The second kappa shape index (κ2) is 6.57. The van der Waals surface area contributed by atoms with E-state index in [0.29, 0.717) is 22.9 Å². The first-order chi connectivity index (χ1) is 11.6. The van der Waals surface area contributed by atoms with Crippen molar-refractivity contribution < 1.29 is 4.79 Å². The molecule has 0 spiro atoms. The number of carbonyl (C=O) groups is 1. The number of aryl methyl sites for hydroxylation is 2. The lowest BCUT2D eigenvalue weighted by Crippen LogP contribution is -2.29. The maximum absolute atomic E-state index is 12.7. The van der Waals surface area contributed by atoms with Gasteiger partial charge in [-0.05, 0) is 13.8 Å². The summed E-state index contributed by atoms with van der Waals surface area (Å²) in [6.45, 7) is 3.66. The van der Waals surface area contributed by atoms with E-state index in [1.54, 1.807) is 24.0 Å². The van der Waals surface area contributed by atoms with Crippen LogP contribution in [0, 0.1) is 6.92 Å². The third-order valence-corrected chi connectivity index (χ3v) is 3.68. The Labute approximate surface area is 139 Å². The zero-order valence-corrected chi connectivity index (χ0v) is 13.8. The molecule has 0 radical (unpaired) electrons. The molecular weight excluding hydrogens is 304 g/mol. The number of aromatic nitrogens is 5. The number of nitrogens with one attached hydrogen (secondary N) is 1. The van der Waals surface area contributed by atoms with Gasteiger partial charge < -0.3 is 9.88 Å². The van der Waals surface area contributed by atoms with Gasteiger partial charge in [-0.15, -0.1) is 10.2 Å². The Bertz CT molecular complexity index is 859. The lowest BCUT2D eigenvalue weighted by Gasteiger charge is -2.14. The summed E-state index contributed by atoms with van der Waals surface area (Å²) in [7, 11) is 1.84. The summed E-state index contributed by atoms with van der Waals surface area (Å²) in [6, 6.07) is 9.31. The molecule has 7 nitrogen and oxygen atoms in total. The highest BCUT2D eigenvalue weighted by Crippen LogP contribution is 2.21. The minimum atomic E-state index is -0.282. The number of nitrogens with zero attached hydrogens (tertiary/aromatic N) is 5. The molecule has 1 atom stereocenters. The van der Waals surface area contributed by atoms with E-state index in [2.05, 4.69) is 25.5 Å². The molecule has 1 amide bonds. The highest BCUT2D eigenvalue weighted by Gasteiger charge is 2.19. The zero-order valence-electron chi connectivity index (χ0n) is 13.8. The van der Waals surface area contributed by atoms with Crippen molar-refractivity contribution in [2.24, 2.45) is 7.05 Å². The number of hydrogen-bond acceptors (Lipinski definition) is 5. The summed E-state index contributed by atoms with van der Waals surface area (Å²) in [4.78, 5) is 21.3. The van der Waals surface area contributed by atoms with Crippen LogP contribution in [0.15, 0.2) is 42.9 Å². The van der Waals surface area contributed by atoms with Crippen molar-refractivity contribution in [1.29, 1.82) is 0 Å². The first-order valence-electron chi connectivity index (χ1n) is 7.60. The molecule has 0 aliphatic rings. The summed E-state index contributed by atoms with van der Waals surface area (Å²) < 4.78 is 1.77. The quantitative estimate of drug-likeness (QED) is 0.795. The lowest BCUT2D eigenvalue weighted by atomic mass is 10.1.